The van der Waals surface area contributed by atoms with E-state index in [9.17, 15) is 0 Å². The molecule has 3 nitrogen and oxygen atoms in total. The Kier molecular flexibility index (Phi) is 2.77. The molecule has 0 radical (unpaired) electrons. The minimum absolute atomic E-state index is 0.232. The van der Waals surface area contributed by atoms with Gasteiger partial charge in [-0.3, -0.25) is 0 Å². The van der Waals surface area contributed by atoms with E-state index in [-0.39, 0.29) is 6.04 Å². The Bertz CT molecular complexity index is 472. The Morgan fingerprint density at radius 3 is 3.06 bits per heavy atom. The summed E-state index contributed by atoms with van der Waals surface area (Å²) in [5.74, 6) is 2.13. The van der Waals surface area contributed by atoms with E-state index < -0.39 is 0 Å². The molecule has 0 amide bonds. The first kappa shape index (κ1) is 10.7. The van der Waals surface area contributed by atoms with Crippen LogP contribution in [0.15, 0.2) is 39.6 Å². The third-order valence-electron chi connectivity index (χ3n) is 3.47. The van der Waals surface area contributed by atoms with Gasteiger partial charge >= 0.3 is 0 Å². The Morgan fingerprint density at radius 1 is 1.29 bits per heavy atom. The Morgan fingerprint density at radius 2 is 2.24 bits per heavy atom. The first-order chi connectivity index (χ1) is 8.34. The largest absolute Gasteiger partial charge is 0.469 e. The fourth-order valence-electron chi connectivity index (χ4n) is 2.58. The van der Waals surface area contributed by atoms with Crippen molar-refractivity contribution in [3.05, 3.63) is 47.8 Å². The Hall–Kier alpha value is -1.48. The van der Waals surface area contributed by atoms with Crippen LogP contribution in [-0.2, 0) is 6.42 Å². The zero-order chi connectivity index (χ0) is 11.7. The molecule has 3 rings (SSSR count). The zero-order valence-corrected chi connectivity index (χ0v) is 9.98. The maximum Gasteiger partial charge on any atom is 0.120 e. The van der Waals surface area contributed by atoms with Crippen LogP contribution in [0.5, 0.6) is 0 Å². The molecule has 1 N–H and O–H groups in total. The van der Waals surface area contributed by atoms with Crippen LogP contribution in [0.3, 0.4) is 0 Å². The second-order valence-electron chi connectivity index (χ2n) is 4.65. The van der Waals surface area contributed by atoms with Gasteiger partial charge in [-0.05, 0) is 38.0 Å². The van der Waals surface area contributed by atoms with Crippen LogP contribution in [0.4, 0.5) is 0 Å². The van der Waals surface area contributed by atoms with Crippen molar-refractivity contribution in [2.75, 3.05) is 0 Å². The van der Waals surface area contributed by atoms with Crippen molar-refractivity contribution in [2.24, 2.45) is 0 Å². The van der Waals surface area contributed by atoms with Gasteiger partial charge in [0.2, 0.25) is 0 Å². The molecule has 1 unspecified atom stereocenters. The van der Waals surface area contributed by atoms with Crippen molar-refractivity contribution in [1.29, 1.82) is 0 Å². The molecule has 0 fully saturated rings. The zero-order valence-electron chi connectivity index (χ0n) is 9.98. The lowest BCUT2D eigenvalue weighted by atomic mass is 9.93. The second kappa shape index (κ2) is 4.41. The van der Waals surface area contributed by atoms with Crippen LogP contribution < -0.4 is 5.32 Å². The van der Waals surface area contributed by atoms with Gasteiger partial charge in [0.15, 0.2) is 0 Å². The van der Waals surface area contributed by atoms with Gasteiger partial charge in [-0.15, -0.1) is 0 Å². The summed E-state index contributed by atoms with van der Waals surface area (Å²) in [5, 5.41) is 3.61. The second-order valence-corrected chi connectivity index (χ2v) is 4.65. The molecule has 90 valence electrons. The molecular formula is C14H17NO2. The molecule has 1 aliphatic rings. The van der Waals surface area contributed by atoms with Gasteiger partial charge in [0.05, 0.1) is 18.6 Å². The average Bonchev–Trinajstić information content (AvgIpc) is 3.00. The van der Waals surface area contributed by atoms with Gasteiger partial charge in [0.1, 0.15) is 11.5 Å². The van der Waals surface area contributed by atoms with Gasteiger partial charge in [-0.2, -0.15) is 0 Å². The van der Waals surface area contributed by atoms with E-state index in [1.807, 2.05) is 12.1 Å². The smallest absolute Gasteiger partial charge is 0.120 e. The minimum Gasteiger partial charge on any atom is -0.469 e. The maximum absolute atomic E-state index is 5.50. The highest BCUT2D eigenvalue weighted by Crippen LogP contribution is 2.32. The monoisotopic (exact) mass is 231 g/mol. The molecule has 17 heavy (non-hydrogen) atoms. The predicted molar refractivity (Wildman–Crippen MR) is 64.6 cm³/mol. The molecule has 0 bridgehead atoms. The molecule has 0 saturated heterocycles. The van der Waals surface area contributed by atoms with Crippen LogP contribution in [0.1, 0.15) is 48.9 Å². The molecule has 2 atom stereocenters. The summed E-state index contributed by atoms with van der Waals surface area (Å²) in [7, 11) is 0. The maximum atomic E-state index is 5.50. The van der Waals surface area contributed by atoms with E-state index in [4.69, 9.17) is 8.83 Å². The van der Waals surface area contributed by atoms with Crippen LogP contribution in [-0.4, -0.2) is 0 Å². The van der Waals surface area contributed by atoms with E-state index in [1.165, 1.54) is 12.0 Å². The topological polar surface area (TPSA) is 38.3 Å². The van der Waals surface area contributed by atoms with Gasteiger partial charge in [0, 0.05) is 18.0 Å². The van der Waals surface area contributed by atoms with Crippen molar-refractivity contribution >= 4 is 0 Å². The van der Waals surface area contributed by atoms with Crippen LogP contribution in [0.2, 0.25) is 0 Å². The molecular weight excluding hydrogens is 214 g/mol. The van der Waals surface area contributed by atoms with E-state index in [2.05, 4.69) is 18.3 Å². The summed E-state index contributed by atoms with van der Waals surface area (Å²) in [6.07, 6.45) is 6.93. The average molecular weight is 231 g/mol. The van der Waals surface area contributed by atoms with Crippen molar-refractivity contribution in [2.45, 2.75) is 38.3 Å². The van der Waals surface area contributed by atoms with Gasteiger partial charge < -0.3 is 14.2 Å². The lowest BCUT2D eigenvalue weighted by Crippen LogP contribution is -2.26. The predicted octanol–water partition coefficient (Wildman–Crippen LogP) is 3.60. The van der Waals surface area contributed by atoms with E-state index in [0.717, 1.165) is 24.4 Å². The summed E-state index contributed by atoms with van der Waals surface area (Å²) >= 11 is 0. The molecule has 0 aromatic carbocycles. The Labute approximate surface area is 101 Å². The van der Waals surface area contributed by atoms with Crippen LogP contribution >= 0.6 is 0 Å². The summed E-state index contributed by atoms with van der Waals surface area (Å²) in [6.45, 7) is 2.13. The van der Waals surface area contributed by atoms with E-state index in [1.54, 1.807) is 12.5 Å². The first-order valence-electron chi connectivity index (χ1n) is 6.20. The van der Waals surface area contributed by atoms with Gasteiger partial charge in [-0.1, -0.05) is 0 Å². The summed E-state index contributed by atoms with van der Waals surface area (Å²) in [5.41, 5.74) is 1.31. The lowest BCUT2D eigenvalue weighted by Gasteiger charge is -2.25. The molecule has 2 heterocycles. The normalized spacial score (nSPS) is 21.1. The number of fused-ring (bicyclic) bond motifs is 1. The van der Waals surface area contributed by atoms with Crippen molar-refractivity contribution in [1.82, 2.24) is 5.32 Å². The SMILES string of the molecule is C[C@H](NC1CCCc2occc21)c1ccco1. The number of furan rings is 2. The Balaban J connectivity index is 1.75. The number of nitrogens with one attached hydrogen (secondary N) is 1. The highest BCUT2D eigenvalue weighted by molar-refractivity contribution is 5.24. The van der Waals surface area contributed by atoms with Crippen LogP contribution in [0.25, 0.3) is 0 Å². The summed E-state index contributed by atoms with van der Waals surface area (Å²) in [4.78, 5) is 0. The number of hydrogen-bond donors (Lipinski definition) is 1. The van der Waals surface area contributed by atoms with Crippen molar-refractivity contribution in [3.8, 4) is 0 Å². The first-order valence-corrected chi connectivity index (χ1v) is 6.20. The number of hydrogen-bond acceptors (Lipinski definition) is 3. The molecule has 0 spiro atoms. The summed E-state index contributed by atoms with van der Waals surface area (Å²) in [6, 6.07) is 6.64. The van der Waals surface area contributed by atoms with Gasteiger partial charge in [0.25, 0.3) is 0 Å². The minimum atomic E-state index is 0.232. The molecule has 2 aromatic heterocycles. The summed E-state index contributed by atoms with van der Waals surface area (Å²) < 4.78 is 10.9. The van der Waals surface area contributed by atoms with Crippen molar-refractivity contribution < 1.29 is 8.83 Å². The molecule has 0 aliphatic heterocycles. The molecule has 3 heteroatoms. The molecule has 0 saturated carbocycles. The highest BCUT2D eigenvalue weighted by Gasteiger charge is 2.24. The fourth-order valence-corrected chi connectivity index (χ4v) is 2.58. The van der Waals surface area contributed by atoms with Crippen molar-refractivity contribution in [3.63, 3.8) is 0 Å². The molecule has 1 aliphatic carbocycles. The van der Waals surface area contributed by atoms with E-state index in [0.29, 0.717) is 6.04 Å². The number of rotatable bonds is 3. The third kappa shape index (κ3) is 2.03. The standard InChI is InChI=1S/C14H17NO2/c1-10(13-6-3-8-16-13)15-12-4-2-5-14-11(12)7-9-17-14/h3,6-10,12,15H,2,4-5H2,1H3/t10-,12?/m0/s1. The number of aryl methyl sites for hydroxylation is 1. The third-order valence-corrected chi connectivity index (χ3v) is 3.47. The highest BCUT2D eigenvalue weighted by atomic mass is 16.3. The van der Waals surface area contributed by atoms with Gasteiger partial charge in [-0.25, -0.2) is 0 Å². The van der Waals surface area contributed by atoms with Crippen LogP contribution in [0, 0.1) is 0 Å². The quantitative estimate of drug-likeness (QED) is 0.877. The molecule has 2 aromatic rings. The van der Waals surface area contributed by atoms with E-state index >= 15 is 0 Å². The lowest BCUT2D eigenvalue weighted by molar-refractivity contribution is 0.354. The fraction of sp³-hybridized carbons (Fsp3) is 0.429.